The van der Waals surface area contributed by atoms with Gasteiger partial charge in [0.05, 0.1) is 23.6 Å². The Morgan fingerprint density at radius 3 is 2.50 bits per heavy atom. The van der Waals surface area contributed by atoms with Crippen LogP contribution in [0.5, 0.6) is 11.5 Å². The molecule has 164 valence electrons. The minimum atomic E-state index is -3.61. The van der Waals surface area contributed by atoms with Crippen molar-refractivity contribution >= 4 is 33.2 Å². The van der Waals surface area contributed by atoms with Crippen molar-refractivity contribution in [2.24, 2.45) is 5.92 Å². The number of carbonyl (C=O) groups excluding carboxylic acids is 1. The highest BCUT2D eigenvalue weighted by Crippen LogP contribution is 2.37. The van der Waals surface area contributed by atoms with Crippen LogP contribution in [0.2, 0.25) is 5.02 Å². The number of carbonyl (C=O) groups is 1. The monoisotopic (exact) mass is 454 g/mol. The molecule has 1 amide bonds. The molecular weight excluding hydrogens is 428 g/mol. The second kappa shape index (κ2) is 10.1. The molecule has 2 aromatic rings. The highest BCUT2D eigenvalue weighted by molar-refractivity contribution is 7.89. The largest absolute Gasteiger partial charge is 0.493 e. The summed E-state index contributed by atoms with van der Waals surface area (Å²) in [6.45, 7) is 4.66. The topological polar surface area (TPSA) is 84.9 Å². The molecule has 2 rings (SSSR count). The number of hydrogen-bond donors (Lipinski definition) is 1. The third-order valence-electron chi connectivity index (χ3n) is 4.30. The van der Waals surface area contributed by atoms with Crippen molar-refractivity contribution < 1.29 is 22.7 Å². The van der Waals surface area contributed by atoms with Gasteiger partial charge < -0.3 is 14.8 Å². The van der Waals surface area contributed by atoms with E-state index in [-0.39, 0.29) is 15.5 Å². The lowest BCUT2D eigenvalue weighted by Gasteiger charge is -2.15. The smallest absolute Gasteiger partial charge is 0.255 e. The van der Waals surface area contributed by atoms with Gasteiger partial charge in [-0.3, -0.25) is 4.79 Å². The van der Waals surface area contributed by atoms with Gasteiger partial charge >= 0.3 is 0 Å². The van der Waals surface area contributed by atoms with E-state index in [2.05, 4.69) is 19.2 Å². The molecule has 0 saturated heterocycles. The first kappa shape index (κ1) is 24.0. The van der Waals surface area contributed by atoms with Crippen LogP contribution in [-0.2, 0) is 10.0 Å². The number of benzene rings is 2. The van der Waals surface area contributed by atoms with Gasteiger partial charge in [0.25, 0.3) is 5.91 Å². The number of amides is 1. The van der Waals surface area contributed by atoms with E-state index in [1.165, 1.54) is 45.5 Å². The van der Waals surface area contributed by atoms with Crippen molar-refractivity contribution in [2.75, 3.05) is 33.1 Å². The van der Waals surface area contributed by atoms with Gasteiger partial charge in [0.15, 0.2) is 11.5 Å². The number of nitrogens with zero attached hydrogens (tertiary/aromatic N) is 1. The van der Waals surface area contributed by atoms with Crippen LogP contribution in [0.4, 0.5) is 5.69 Å². The lowest BCUT2D eigenvalue weighted by molar-refractivity contribution is 0.102. The first-order valence-corrected chi connectivity index (χ1v) is 11.2. The quantitative estimate of drug-likeness (QED) is 0.611. The van der Waals surface area contributed by atoms with E-state index in [1.54, 1.807) is 12.1 Å². The maximum atomic E-state index is 12.7. The van der Waals surface area contributed by atoms with Crippen molar-refractivity contribution in [3.63, 3.8) is 0 Å². The maximum Gasteiger partial charge on any atom is 0.255 e. The summed E-state index contributed by atoms with van der Waals surface area (Å²) in [6, 6.07) is 9.06. The van der Waals surface area contributed by atoms with E-state index in [1.807, 2.05) is 0 Å². The molecule has 0 heterocycles. The Morgan fingerprint density at radius 1 is 1.20 bits per heavy atom. The first-order chi connectivity index (χ1) is 14.1. The van der Waals surface area contributed by atoms with E-state index >= 15 is 0 Å². The first-order valence-electron chi connectivity index (χ1n) is 9.40. The van der Waals surface area contributed by atoms with Gasteiger partial charge in [-0.15, -0.1) is 0 Å². The van der Waals surface area contributed by atoms with Crippen molar-refractivity contribution in [1.82, 2.24) is 4.31 Å². The SMILES string of the molecule is COc1cc(C(=O)Nc2cccc(S(=O)(=O)N(C)C)c2)cc(Cl)c1OCCC(C)C. The fourth-order valence-corrected chi connectivity index (χ4v) is 3.75. The molecule has 2 aromatic carbocycles. The summed E-state index contributed by atoms with van der Waals surface area (Å²) in [6.07, 6.45) is 0.855. The Bertz CT molecular complexity index is 1010. The predicted molar refractivity (Wildman–Crippen MR) is 118 cm³/mol. The lowest BCUT2D eigenvalue weighted by Crippen LogP contribution is -2.22. The van der Waals surface area contributed by atoms with Crippen LogP contribution in [0, 0.1) is 5.92 Å². The van der Waals surface area contributed by atoms with E-state index in [9.17, 15) is 13.2 Å². The Kier molecular flexibility index (Phi) is 8.11. The van der Waals surface area contributed by atoms with Gasteiger partial charge in [0, 0.05) is 25.3 Å². The fourth-order valence-electron chi connectivity index (χ4n) is 2.54. The summed E-state index contributed by atoms with van der Waals surface area (Å²) in [7, 11) is 0.745. The van der Waals surface area contributed by atoms with E-state index in [4.69, 9.17) is 21.1 Å². The standard InChI is InChI=1S/C21H27ClN2O5S/c1-14(2)9-10-29-20-18(22)11-15(12-19(20)28-5)21(25)23-16-7-6-8-17(13-16)30(26,27)24(3)4/h6-8,11-14H,9-10H2,1-5H3,(H,23,25). The van der Waals surface area contributed by atoms with Crippen LogP contribution in [0.25, 0.3) is 0 Å². The second-order valence-electron chi connectivity index (χ2n) is 7.29. The van der Waals surface area contributed by atoms with Crippen molar-refractivity contribution in [3.05, 3.63) is 47.0 Å². The zero-order valence-electron chi connectivity index (χ0n) is 17.7. The van der Waals surface area contributed by atoms with Gasteiger partial charge in [-0.05, 0) is 42.7 Å². The molecule has 0 atom stereocenters. The Balaban J connectivity index is 2.24. The lowest BCUT2D eigenvalue weighted by atomic mass is 10.1. The molecule has 0 fully saturated rings. The highest BCUT2D eigenvalue weighted by atomic mass is 35.5. The van der Waals surface area contributed by atoms with Crippen LogP contribution in [-0.4, -0.2) is 46.4 Å². The minimum Gasteiger partial charge on any atom is -0.493 e. The molecule has 9 heteroatoms. The van der Waals surface area contributed by atoms with Gasteiger partial charge in [-0.2, -0.15) is 0 Å². The van der Waals surface area contributed by atoms with Crippen LogP contribution in [0.1, 0.15) is 30.6 Å². The van der Waals surface area contributed by atoms with Crippen LogP contribution >= 0.6 is 11.6 Å². The van der Waals surface area contributed by atoms with Gasteiger partial charge in [-0.1, -0.05) is 31.5 Å². The molecule has 0 saturated carbocycles. The molecule has 0 unspecified atom stereocenters. The molecule has 0 aliphatic heterocycles. The zero-order valence-corrected chi connectivity index (χ0v) is 19.3. The molecule has 0 aromatic heterocycles. The molecule has 0 radical (unpaired) electrons. The summed E-state index contributed by atoms with van der Waals surface area (Å²) in [5, 5.41) is 2.95. The molecule has 0 spiro atoms. The normalized spacial score (nSPS) is 11.6. The molecule has 1 N–H and O–H groups in total. The maximum absolute atomic E-state index is 12.7. The summed E-state index contributed by atoms with van der Waals surface area (Å²) < 4.78 is 36.8. The zero-order chi connectivity index (χ0) is 22.5. The van der Waals surface area contributed by atoms with Gasteiger partial charge in [0.2, 0.25) is 10.0 Å². The number of ether oxygens (including phenoxy) is 2. The highest BCUT2D eigenvalue weighted by Gasteiger charge is 2.19. The molecular formula is C21H27ClN2O5S. The third kappa shape index (κ3) is 5.87. The Labute approximate surface area is 183 Å². The molecule has 0 aliphatic rings. The van der Waals surface area contributed by atoms with Gasteiger partial charge in [-0.25, -0.2) is 12.7 Å². The van der Waals surface area contributed by atoms with E-state index in [0.29, 0.717) is 29.7 Å². The molecule has 0 aliphatic carbocycles. The minimum absolute atomic E-state index is 0.0785. The number of nitrogens with one attached hydrogen (secondary N) is 1. The Morgan fingerprint density at radius 2 is 1.90 bits per heavy atom. The fraction of sp³-hybridized carbons (Fsp3) is 0.381. The molecule has 30 heavy (non-hydrogen) atoms. The number of sulfonamides is 1. The number of methoxy groups -OCH3 is 1. The second-order valence-corrected chi connectivity index (χ2v) is 9.85. The van der Waals surface area contributed by atoms with Crippen LogP contribution in [0.3, 0.4) is 0 Å². The summed E-state index contributed by atoms with van der Waals surface area (Å²) in [5.41, 5.74) is 0.601. The summed E-state index contributed by atoms with van der Waals surface area (Å²) in [5.74, 6) is 0.756. The number of hydrogen-bond acceptors (Lipinski definition) is 5. The number of halogens is 1. The van der Waals surface area contributed by atoms with Crippen molar-refractivity contribution in [1.29, 1.82) is 0 Å². The third-order valence-corrected chi connectivity index (χ3v) is 6.40. The average molecular weight is 455 g/mol. The van der Waals surface area contributed by atoms with Gasteiger partial charge in [0.1, 0.15) is 0 Å². The number of anilines is 1. The Hall–Kier alpha value is -2.29. The molecule has 7 nitrogen and oxygen atoms in total. The molecule has 0 bridgehead atoms. The van der Waals surface area contributed by atoms with E-state index in [0.717, 1.165) is 10.7 Å². The van der Waals surface area contributed by atoms with Crippen LogP contribution in [0.15, 0.2) is 41.3 Å². The van der Waals surface area contributed by atoms with Crippen molar-refractivity contribution in [3.8, 4) is 11.5 Å². The average Bonchev–Trinajstić information content (AvgIpc) is 2.68. The van der Waals surface area contributed by atoms with Crippen molar-refractivity contribution in [2.45, 2.75) is 25.2 Å². The summed E-state index contributed by atoms with van der Waals surface area (Å²) in [4.78, 5) is 12.8. The number of rotatable bonds is 9. The predicted octanol–water partition coefficient (Wildman–Crippen LogP) is 4.28. The van der Waals surface area contributed by atoms with E-state index < -0.39 is 15.9 Å². The van der Waals surface area contributed by atoms with Crippen LogP contribution < -0.4 is 14.8 Å². The summed E-state index contributed by atoms with van der Waals surface area (Å²) >= 11 is 6.33.